The summed E-state index contributed by atoms with van der Waals surface area (Å²) >= 11 is 0. The van der Waals surface area contributed by atoms with E-state index in [1.165, 1.54) is 14.2 Å². The van der Waals surface area contributed by atoms with Gasteiger partial charge in [0.25, 0.3) is 0 Å². The third-order valence-electron chi connectivity index (χ3n) is 4.45. The monoisotopic (exact) mass is 379 g/mol. The Morgan fingerprint density at radius 1 is 1.00 bits per heavy atom. The number of ether oxygens (including phenoxy) is 3. The predicted molar refractivity (Wildman–Crippen MR) is 105 cm³/mol. The van der Waals surface area contributed by atoms with E-state index >= 15 is 0 Å². The molecule has 144 valence electrons. The van der Waals surface area contributed by atoms with E-state index in [1.54, 1.807) is 24.3 Å². The summed E-state index contributed by atoms with van der Waals surface area (Å²) in [7, 11) is 3.02. The van der Waals surface area contributed by atoms with Crippen LogP contribution in [0.2, 0.25) is 0 Å². The van der Waals surface area contributed by atoms with Gasteiger partial charge in [0.1, 0.15) is 5.75 Å². The third-order valence-corrected chi connectivity index (χ3v) is 4.45. The van der Waals surface area contributed by atoms with E-state index in [9.17, 15) is 9.59 Å². The average Bonchev–Trinajstić information content (AvgIpc) is 2.72. The molecule has 0 aliphatic heterocycles. The summed E-state index contributed by atoms with van der Waals surface area (Å²) in [5.74, 6) is -0.510. The van der Waals surface area contributed by atoms with Gasteiger partial charge in [-0.1, -0.05) is 30.3 Å². The molecule has 1 aromatic heterocycles. The number of aromatic nitrogens is 1. The van der Waals surface area contributed by atoms with Crippen LogP contribution in [0.5, 0.6) is 5.75 Å². The van der Waals surface area contributed by atoms with Crippen molar-refractivity contribution in [1.82, 2.24) is 4.98 Å². The Morgan fingerprint density at radius 3 is 2.46 bits per heavy atom. The Morgan fingerprint density at radius 2 is 1.71 bits per heavy atom. The largest absolute Gasteiger partial charge is 0.496 e. The second kappa shape index (κ2) is 8.63. The number of esters is 1. The SMILES string of the molecule is COCc1nc2ccccc2c(C)c1C(=O)OCC(=O)c1ccccc1OC. The highest BCUT2D eigenvalue weighted by molar-refractivity contribution is 6.03. The first-order valence-electron chi connectivity index (χ1n) is 8.77. The lowest BCUT2D eigenvalue weighted by molar-refractivity contribution is 0.0468. The minimum atomic E-state index is -0.606. The van der Waals surface area contributed by atoms with Crippen LogP contribution in [0.1, 0.15) is 32.0 Å². The number of nitrogens with zero attached hydrogens (tertiary/aromatic N) is 1. The number of carbonyl (C=O) groups excluding carboxylic acids is 2. The van der Waals surface area contributed by atoms with Crippen molar-refractivity contribution in [2.24, 2.45) is 0 Å². The Balaban J connectivity index is 1.87. The van der Waals surface area contributed by atoms with Gasteiger partial charge in [0.15, 0.2) is 6.61 Å². The van der Waals surface area contributed by atoms with Crippen LogP contribution in [0.15, 0.2) is 48.5 Å². The van der Waals surface area contributed by atoms with Gasteiger partial charge < -0.3 is 14.2 Å². The highest BCUT2D eigenvalue weighted by Crippen LogP contribution is 2.24. The number of hydrogen-bond donors (Lipinski definition) is 0. The normalized spacial score (nSPS) is 10.7. The molecule has 3 rings (SSSR count). The standard InChI is InChI=1S/C22H21NO5/c1-14-15-8-4-6-10-17(15)23-18(12-26-2)21(14)22(25)28-13-19(24)16-9-5-7-11-20(16)27-3/h4-11H,12-13H2,1-3H3. The number of carbonyl (C=O) groups is 2. The van der Waals surface area contributed by atoms with Gasteiger partial charge in [0.2, 0.25) is 5.78 Å². The van der Waals surface area contributed by atoms with Crippen LogP contribution < -0.4 is 4.74 Å². The number of pyridine rings is 1. The van der Waals surface area contributed by atoms with Crippen LogP contribution in [0.25, 0.3) is 10.9 Å². The molecule has 0 spiro atoms. The number of ketones is 1. The quantitative estimate of drug-likeness (QED) is 0.460. The maximum absolute atomic E-state index is 12.8. The lowest BCUT2D eigenvalue weighted by atomic mass is 10.0. The Labute approximate surface area is 163 Å². The molecular weight excluding hydrogens is 358 g/mol. The van der Waals surface area contributed by atoms with Gasteiger partial charge in [-0.3, -0.25) is 4.79 Å². The zero-order chi connectivity index (χ0) is 20.1. The van der Waals surface area contributed by atoms with Crippen LogP contribution >= 0.6 is 0 Å². The number of Topliss-reactive ketones (excluding diaryl/α,β-unsaturated/α-hetero) is 1. The van der Waals surface area contributed by atoms with Crippen molar-refractivity contribution < 1.29 is 23.8 Å². The van der Waals surface area contributed by atoms with Crippen LogP contribution in [-0.2, 0) is 16.1 Å². The fraction of sp³-hybridized carbons (Fsp3) is 0.227. The van der Waals surface area contributed by atoms with E-state index in [-0.39, 0.29) is 12.4 Å². The van der Waals surface area contributed by atoms with Crippen molar-refractivity contribution in [2.45, 2.75) is 13.5 Å². The molecule has 0 N–H and O–H groups in total. The van der Waals surface area contributed by atoms with E-state index in [0.29, 0.717) is 22.6 Å². The number of hydrogen-bond acceptors (Lipinski definition) is 6. The van der Waals surface area contributed by atoms with Gasteiger partial charge in [-0.25, -0.2) is 9.78 Å². The van der Waals surface area contributed by atoms with Crippen LogP contribution in [-0.4, -0.2) is 37.6 Å². The molecule has 0 aliphatic rings. The molecule has 0 atom stereocenters. The Hall–Kier alpha value is -3.25. The van der Waals surface area contributed by atoms with Gasteiger partial charge >= 0.3 is 5.97 Å². The number of fused-ring (bicyclic) bond motifs is 1. The van der Waals surface area contributed by atoms with Crippen LogP contribution in [0.4, 0.5) is 0 Å². The highest BCUT2D eigenvalue weighted by atomic mass is 16.5. The molecule has 6 heteroatoms. The summed E-state index contributed by atoms with van der Waals surface area (Å²) in [5, 5.41) is 0.852. The Kier molecular flexibility index (Phi) is 6.01. The minimum Gasteiger partial charge on any atom is -0.496 e. The molecule has 0 amide bonds. The van der Waals surface area contributed by atoms with Crippen molar-refractivity contribution in [1.29, 1.82) is 0 Å². The number of methoxy groups -OCH3 is 2. The Bertz CT molecular complexity index is 1030. The van der Waals surface area contributed by atoms with Gasteiger partial charge in [-0.15, -0.1) is 0 Å². The average molecular weight is 379 g/mol. The summed E-state index contributed by atoms with van der Waals surface area (Å²) in [5.41, 5.74) is 2.69. The van der Waals surface area contributed by atoms with Crippen molar-refractivity contribution in [3.63, 3.8) is 0 Å². The second-order valence-electron chi connectivity index (χ2n) is 6.21. The summed E-state index contributed by atoms with van der Waals surface area (Å²) in [6, 6.07) is 14.3. The maximum atomic E-state index is 12.8. The van der Waals surface area contributed by atoms with Gasteiger partial charge in [-0.2, -0.15) is 0 Å². The number of benzene rings is 2. The fourth-order valence-electron chi connectivity index (χ4n) is 3.11. The van der Waals surface area contributed by atoms with Crippen molar-refractivity contribution in [2.75, 3.05) is 20.8 Å². The molecule has 2 aromatic carbocycles. The van der Waals surface area contributed by atoms with Crippen LogP contribution in [0, 0.1) is 6.92 Å². The number of aryl methyl sites for hydroxylation is 1. The van der Waals surface area contributed by atoms with Crippen molar-refractivity contribution >= 4 is 22.7 Å². The molecule has 3 aromatic rings. The van der Waals surface area contributed by atoms with Crippen molar-refractivity contribution in [3.05, 3.63) is 70.9 Å². The smallest absolute Gasteiger partial charge is 0.340 e. The third kappa shape index (κ3) is 3.87. The van der Waals surface area contributed by atoms with E-state index in [2.05, 4.69) is 4.98 Å². The number of rotatable bonds is 7. The lowest BCUT2D eigenvalue weighted by Gasteiger charge is -2.14. The number of para-hydroxylation sites is 2. The molecule has 0 fully saturated rings. The van der Waals surface area contributed by atoms with Gasteiger partial charge in [0, 0.05) is 12.5 Å². The minimum absolute atomic E-state index is 0.163. The molecule has 0 radical (unpaired) electrons. The van der Waals surface area contributed by atoms with Crippen molar-refractivity contribution in [3.8, 4) is 5.75 Å². The van der Waals surface area contributed by atoms with E-state index < -0.39 is 12.6 Å². The molecule has 6 nitrogen and oxygen atoms in total. The van der Waals surface area contributed by atoms with Gasteiger partial charge in [0.05, 0.1) is 36.1 Å². The first-order valence-corrected chi connectivity index (χ1v) is 8.77. The second-order valence-corrected chi connectivity index (χ2v) is 6.21. The molecule has 0 saturated heterocycles. The first-order chi connectivity index (χ1) is 13.6. The highest BCUT2D eigenvalue weighted by Gasteiger charge is 2.22. The van der Waals surface area contributed by atoms with E-state index in [1.807, 2.05) is 31.2 Å². The topological polar surface area (TPSA) is 74.7 Å². The molecule has 0 bridgehead atoms. The predicted octanol–water partition coefficient (Wildman–Crippen LogP) is 3.74. The molecular formula is C22H21NO5. The summed E-state index contributed by atoms with van der Waals surface area (Å²) in [4.78, 5) is 29.8. The van der Waals surface area contributed by atoms with E-state index in [0.717, 1.165) is 16.5 Å². The molecule has 0 saturated carbocycles. The van der Waals surface area contributed by atoms with Gasteiger partial charge in [-0.05, 0) is 30.7 Å². The summed E-state index contributed by atoms with van der Waals surface area (Å²) < 4.78 is 15.7. The lowest BCUT2D eigenvalue weighted by Crippen LogP contribution is -2.18. The molecule has 0 aliphatic carbocycles. The molecule has 1 heterocycles. The van der Waals surface area contributed by atoms with Crippen LogP contribution in [0.3, 0.4) is 0 Å². The molecule has 28 heavy (non-hydrogen) atoms. The zero-order valence-electron chi connectivity index (χ0n) is 16.0. The summed E-state index contributed by atoms with van der Waals surface area (Å²) in [6.45, 7) is 1.61. The van der Waals surface area contributed by atoms with E-state index in [4.69, 9.17) is 14.2 Å². The first kappa shape index (κ1) is 19.5. The fourth-order valence-corrected chi connectivity index (χ4v) is 3.11. The molecule has 0 unspecified atom stereocenters. The summed E-state index contributed by atoms with van der Waals surface area (Å²) in [6.07, 6.45) is 0. The maximum Gasteiger partial charge on any atom is 0.340 e. The zero-order valence-corrected chi connectivity index (χ0v) is 16.0.